The van der Waals surface area contributed by atoms with Crippen molar-refractivity contribution < 1.29 is 4.74 Å². The molecule has 0 saturated carbocycles. The molecule has 0 spiro atoms. The van der Waals surface area contributed by atoms with Crippen molar-refractivity contribution in [2.75, 3.05) is 20.2 Å². The van der Waals surface area contributed by atoms with Crippen LogP contribution >= 0.6 is 0 Å². The lowest BCUT2D eigenvalue weighted by molar-refractivity contribution is 0.00336. The van der Waals surface area contributed by atoms with Gasteiger partial charge in [-0.05, 0) is 19.8 Å². The first-order valence-corrected chi connectivity index (χ1v) is 5.21. The van der Waals surface area contributed by atoms with E-state index in [1.165, 1.54) is 6.42 Å². The summed E-state index contributed by atoms with van der Waals surface area (Å²) in [6, 6.07) is 0.885. The van der Waals surface area contributed by atoms with E-state index in [-0.39, 0.29) is 12.1 Å². The molecule has 3 nitrogen and oxygen atoms in total. The van der Waals surface area contributed by atoms with Crippen molar-refractivity contribution in [2.24, 2.45) is 5.73 Å². The average Bonchev–Trinajstić information content (AvgIpc) is 2.17. The fraction of sp³-hybridized carbons (Fsp3) is 1.00. The maximum Gasteiger partial charge on any atom is 0.0849 e. The highest BCUT2D eigenvalue weighted by Gasteiger charge is 2.28. The van der Waals surface area contributed by atoms with Crippen molar-refractivity contribution in [1.29, 1.82) is 0 Å². The predicted octanol–water partition coefficient (Wildman–Crippen LogP) is 0.833. The standard InChI is InChI=1S/C10H22N2O/c1-4-8(2)12-6-5-9(11)10(7-12)13-3/h8-10H,4-7,11H2,1-3H3/t8?,9-,10+/m0/s1. The van der Waals surface area contributed by atoms with Gasteiger partial charge in [0.1, 0.15) is 0 Å². The van der Waals surface area contributed by atoms with Gasteiger partial charge in [0.25, 0.3) is 0 Å². The fourth-order valence-corrected chi connectivity index (χ4v) is 1.87. The summed E-state index contributed by atoms with van der Waals surface area (Å²) in [6.45, 7) is 6.60. The zero-order chi connectivity index (χ0) is 9.84. The molecule has 0 aromatic heterocycles. The molecule has 13 heavy (non-hydrogen) atoms. The molecule has 3 atom stereocenters. The molecule has 0 bridgehead atoms. The second kappa shape index (κ2) is 4.94. The van der Waals surface area contributed by atoms with Gasteiger partial charge in [0.2, 0.25) is 0 Å². The highest BCUT2D eigenvalue weighted by atomic mass is 16.5. The van der Waals surface area contributed by atoms with Gasteiger partial charge in [-0.3, -0.25) is 4.90 Å². The average molecular weight is 186 g/mol. The second-order valence-corrected chi connectivity index (χ2v) is 3.98. The predicted molar refractivity (Wildman–Crippen MR) is 54.7 cm³/mol. The summed E-state index contributed by atoms with van der Waals surface area (Å²) < 4.78 is 5.36. The first-order chi connectivity index (χ1) is 6.19. The van der Waals surface area contributed by atoms with Crippen LogP contribution in [0.5, 0.6) is 0 Å². The number of hydrogen-bond acceptors (Lipinski definition) is 3. The van der Waals surface area contributed by atoms with Crippen LogP contribution in [0.15, 0.2) is 0 Å². The van der Waals surface area contributed by atoms with E-state index in [9.17, 15) is 0 Å². The van der Waals surface area contributed by atoms with Crippen LogP contribution in [0.4, 0.5) is 0 Å². The molecule has 1 saturated heterocycles. The molecular formula is C10H22N2O. The first-order valence-electron chi connectivity index (χ1n) is 5.21. The van der Waals surface area contributed by atoms with Crippen LogP contribution in [0.3, 0.4) is 0 Å². The zero-order valence-electron chi connectivity index (χ0n) is 8.99. The number of rotatable bonds is 3. The molecule has 1 aliphatic rings. The van der Waals surface area contributed by atoms with Gasteiger partial charge in [-0.1, -0.05) is 6.92 Å². The molecule has 1 unspecified atom stereocenters. The topological polar surface area (TPSA) is 38.5 Å². The highest BCUT2D eigenvalue weighted by Crippen LogP contribution is 2.15. The van der Waals surface area contributed by atoms with E-state index in [1.807, 2.05) is 0 Å². The van der Waals surface area contributed by atoms with Crippen molar-refractivity contribution in [2.45, 2.75) is 44.9 Å². The van der Waals surface area contributed by atoms with Gasteiger partial charge in [0, 0.05) is 32.3 Å². The summed E-state index contributed by atoms with van der Waals surface area (Å²) >= 11 is 0. The minimum atomic E-state index is 0.225. The number of piperidine rings is 1. The van der Waals surface area contributed by atoms with Gasteiger partial charge < -0.3 is 10.5 Å². The highest BCUT2D eigenvalue weighted by molar-refractivity contribution is 4.85. The number of methoxy groups -OCH3 is 1. The lowest BCUT2D eigenvalue weighted by Gasteiger charge is -2.39. The maximum atomic E-state index is 5.94. The van der Waals surface area contributed by atoms with Gasteiger partial charge in [0.15, 0.2) is 0 Å². The van der Waals surface area contributed by atoms with Gasteiger partial charge in [-0.25, -0.2) is 0 Å². The van der Waals surface area contributed by atoms with Crippen LogP contribution < -0.4 is 5.73 Å². The van der Waals surface area contributed by atoms with E-state index in [0.29, 0.717) is 6.04 Å². The minimum Gasteiger partial charge on any atom is -0.379 e. The minimum absolute atomic E-state index is 0.225. The third kappa shape index (κ3) is 2.66. The molecule has 0 aromatic carbocycles. The Labute approximate surface area is 81.2 Å². The van der Waals surface area contributed by atoms with Gasteiger partial charge in [-0.2, -0.15) is 0 Å². The SMILES string of the molecule is CCC(C)N1CC[C@H](N)[C@H](OC)C1. The summed E-state index contributed by atoms with van der Waals surface area (Å²) in [7, 11) is 1.75. The molecule has 1 heterocycles. The van der Waals surface area contributed by atoms with Crippen molar-refractivity contribution in [3.8, 4) is 0 Å². The molecule has 1 rings (SSSR count). The zero-order valence-corrected chi connectivity index (χ0v) is 8.99. The number of nitrogens with two attached hydrogens (primary N) is 1. The molecule has 78 valence electrons. The van der Waals surface area contributed by atoms with Crippen LogP contribution in [0.25, 0.3) is 0 Å². The fourth-order valence-electron chi connectivity index (χ4n) is 1.87. The summed E-state index contributed by atoms with van der Waals surface area (Å²) in [6.07, 6.45) is 2.48. The molecule has 1 aliphatic heterocycles. The van der Waals surface area contributed by atoms with Crippen LogP contribution in [0.1, 0.15) is 26.7 Å². The normalized spacial score (nSPS) is 33.2. The Bertz CT molecular complexity index is 152. The monoisotopic (exact) mass is 186 g/mol. The number of nitrogens with zero attached hydrogens (tertiary/aromatic N) is 1. The van der Waals surface area contributed by atoms with Crippen molar-refractivity contribution >= 4 is 0 Å². The molecule has 0 amide bonds. The smallest absolute Gasteiger partial charge is 0.0849 e. The molecule has 0 radical (unpaired) electrons. The Morgan fingerprint density at radius 1 is 1.62 bits per heavy atom. The van der Waals surface area contributed by atoms with Crippen LogP contribution in [-0.4, -0.2) is 43.3 Å². The van der Waals surface area contributed by atoms with Crippen molar-refractivity contribution in [3.63, 3.8) is 0 Å². The molecule has 3 heteroatoms. The Morgan fingerprint density at radius 2 is 2.31 bits per heavy atom. The van der Waals surface area contributed by atoms with Crippen LogP contribution in [0.2, 0.25) is 0 Å². The molecule has 1 fully saturated rings. The van der Waals surface area contributed by atoms with E-state index >= 15 is 0 Å². The summed E-state index contributed by atoms with van der Waals surface area (Å²) in [4.78, 5) is 2.47. The van der Waals surface area contributed by atoms with Gasteiger partial charge >= 0.3 is 0 Å². The second-order valence-electron chi connectivity index (χ2n) is 3.98. The number of ether oxygens (including phenoxy) is 1. The third-order valence-corrected chi connectivity index (χ3v) is 3.16. The first kappa shape index (κ1) is 11.0. The van der Waals surface area contributed by atoms with Gasteiger partial charge in [-0.15, -0.1) is 0 Å². The van der Waals surface area contributed by atoms with Crippen LogP contribution in [0, 0.1) is 0 Å². The third-order valence-electron chi connectivity index (χ3n) is 3.16. The summed E-state index contributed by atoms with van der Waals surface area (Å²) in [5.41, 5.74) is 5.94. The number of hydrogen-bond donors (Lipinski definition) is 1. The Morgan fingerprint density at radius 3 is 2.85 bits per heavy atom. The molecular weight excluding hydrogens is 164 g/mol. The van der Waals surface area contributed by atoms with E-state index in [1.54, 1.807) is 7.11 Å². The lowest BCUT2D eigenvalue weighted by atomic mass is 10.0. The Balaban J connectivity index is 2.44. The van der Waals surface area contributed by atoms with E-state index in [2.05, 4.69) is 18.7 Å². The van der Waals surface area contributed by atoms with Crippen LogP contribution in [-0.2, 0) is 4.74 Å². The quantitative estimate of drug-likeness (QED) is 0.709. The molecule has 0 aromatic rings. The number of likely N-dealkylation sites (tertiary alicyclic amines) is 1. The van der Waals surface area contributed by atoms with Gasteiger partial charge in [0.05, 0.1) is 6.10 Å². The lowest BCUT2D eigenvalue weighted by Crippen LogP contribution is -2.53. The molecule has 2 N–H and O–H groups in total. The Kier molecular flexibility index (Phi) is 4.16. The van der Waals surface area contributed by atoms with E-state index < -0.39 is 0 Å². The maximum absolute atomic E-state index is 5.94. The largest absolute Gasteiger partial charge is 0.379 e. The molecule has 0 aliphatic carbocycles. The Hall–Kier alpha value is -0.120. The van der Waals surface area contributed by atoms with Crippen molar-refractivity contribution in [1.82, 2.24) is 4.90 Å². The summed E-state index contributed by atoms with van der Waals surface area (Å²) in [5.74, 6) is 0. The summed E-state index contributed by atoms with van der Waals surface area (Å²) in [5, 5.41) is 0. The van der Waals surface area contributed by atoms with E-state index in [0.717, 1.165) is 19.5 Å². The van der Waals surface area contributed by atoms with E-state index in [4.69, 9.17) is 10.5 Å². The van der Waals surface area contributed by atoms with Crippen molar-refractivity contribution in [3.05, 3.63) is 0 Å².